The van der Waals surface area contributed by atoms with E-state index in [4.69, 9.17) is 21.0 Å². The number of amides is 1. The Morgan fingerprint density at radius 1 is 1.20 bits per heavy atom. The van der Waals surface area contributed by atoms with Gasteiger partial charge in [-0.15, -0.1) is 12.4 Å². The molecule has 0 atom stereocenters. The van der Waals surface area contributed by atoms with Gasteiger partial charge in [-0.2, -0.15) is 0 Å². The van der Waals surface area contributed by atoms with E-state index in [0.717, 1.165) is 68.5 Å². The van der Waals surface area contributed by atoms with E-state index in [1.54, 1.807) is 0 Å². The minimum Gasteiger partial charge on any atom is -0.441 e. The SMILES string of the molecule is Cc1oc(-c2cccc(Cl)c2)nc1CN1CCN(C(=O)CCC2CCCC2)CC1.Cl. The Morgan fingerprint density at radius 3 is 2.63 bits per heavy atom. The fourth-order valence-corrected chi connectivity index (χ4v) is 4.66. The van der Waals surface area contributed by atoms with E-state index in [2.05, 4.69) is 4.90 Å². The first kappa shape index (κ1) is 23.1. The molecule has 0 unspecified atom stereocenters. The molecule has 2 aliphatic rings. The van der Waals surface area contributed by atoms with Crippen LogP contribution in [0.4, 0.5) is 0 Å². The van der Waals surface area contributed by atoms with Crippen LogP contribution in [0, 0.1) is 12.8 Å². The minimum atomic E-state index is 0. The Morgan fingerprint density at radius 2 is 1.93 bits per heavy atom. The Labute approximate surface area is 190 Å². The Hall–Kier alpha value is -1.56. The van der Waals surface area contributed by atoms with E-state index < -0.39 is 0 Å². The topological polar surface area (TPSA) is 49.6 Å². The van der Waals surface area contributed by atoms with Gasteiger partial charge in [0, 0.05) is 49.7 Å². The molecular formula is C23H31Cl2N3O2. The third kappa shape index (κ3) is 5.77. The van der Waals surface area contributed by atoms with Crippen LogP contribution in [0.25, 0.3) is 11.5 Å². The van der Waals surface area contributed by atoms with Crippen LogP contribution in [0.1, 0.15) is 50.0 Å². The third-order valence-electron chi connectivity index (χ3n) is 6.30. The van der Waals surface area contributed by atoms with E-state index in [9.17, 15) is 4.79 Å². The van der Waals surface area contributed by atoms with Crippen LogP contribution in [0.3, 0.4) is 0 Å². The summed E-state index contributed by atoms with van der Waals surface area (Å²) in [6.45, 7) is 6.09. The van der Waals surface area contributed by atoms with E-state index in [1.165, 1.54) is 25.7 Å². The molecule has 1 aliphatic heterocycles. The van der Waals surface area contributed by atoms with Gasteiger partial charge in [-0.1, -0.05) is 43.4 Å². The summed E-state index contributed by atoms with van der Waals surface area (Å²) in [5.74, 6) is 2.57. The molecule has 1 aliphatic carbocycles. The molecule has 0 bridgehead atoms. The second kappa shape index (κ2) is 10.7. The van der Waals surface area contributed by atoms with Crippen LogP contribution in [-0.2, 0) is 11.3 Å². The van der Waals surface area contributed by atoms with Crippen molar-refractivity contribution in [1.82, 2.24) is 14.8 Å². The lowest BCUT2D eigenvalue weighted by Crippen LogP contribution is -2.48. The molecule has 1 aromatic carbocycles. The number of rotatable bonds is 6. The largest absolute Gasteiger partial charge is 0.441 e. The molecule has 0 N–H and O–H groups in total. The van der Waals surface area contributed by atoms with Gasteiger partial charge in [0.05, 0.1) is 5.69 Å². The van der Waals surface area contributed by atoms with Gasteiger partial charge in [-0.05, 0) is 37.5 Å². The average molecular weight is 452 g/mol. The fourth-order valence-electron chi connectivity index (χ4n) is 4.47. The summed E-state index contributed by atoms with van der Waals surface area (Å²) in [5.41, 5.74) is 1.85. The third-order valence-corrected chi connectivity index (χ3v) is 6.54. The molecule has 164 valence electrons. The highest BCUT2D eigenvalue weighted by atomic mass is 35.5. The van der Waals surface area contributed by atoms with Gasteiger partial charge >= 0.3 is 0 Å². The number of hydrogen-bond donors (Lipinski definition) is 0. The molecule has 1 amide bonds. The predicted molar refractivity (Wildman–Crippen MR) is 122 cm³/mol. The van der Waals surface area contributed by atoms with E-state index in [-0.39, 0.29) is 12.4 Å². The number of hydrogen-bond acceptors (Lipinski definition) is 4. The molecule has 2 aromatic rings. The zero-order valence-corrected chi connectivity index (χ0v) is 19.2. The maximum Gasteiger partial charge on any atom is 0.226 e. The second-order valence-corrected chi connectivity index (χ2v) is 8.81. The van der Waals surface area contributed by atoms with Crippen molar-refractivity contribution in [2.45, 2.75) is 52.0 Å². The standard InChI is InChI=1S/C23H30ClN3O2.ClH/c1-17-21(25-23(29-17)19-7-4-8-20(24)15-19)16-26-11-13-27(14-12-26)22(28)10-9-18-5-2-3-6-18;/h4,7-8,15,18H,2-3,5-6,9-14,16H2,1H3;1H. The van der Waals surface area contributed by atoms with Crippen LogP contribution < -0.4 is 0 Å². The maximum absolute atomic E-state index is 12.5. The van der Waals surface area contributed by atoms with E-state index in [0.29, 0.717) is 16.8 Å². The molecule has 7 heteroatoms. The summed E-state index contributed by atoms with van der Waals surface area (Å²) in [5, 5.41) is 0.675. The normalized spacial score (nSPS) is 17.9. The smallest absolute Gasteiger partial charge is 0.226 e. The Bertz CT molecular complexity index is 841. The molecule has 2 heterocycles. The number of aromatic nitrogens is 1. The quantitative estimate of drug-likeness (QED) is 0.594. The zero-order chi connectivity index (χ0) is 20.2. The number of oxazole rings is 1. The number of aryl methyl sites for hydroxylation is 1. The van der Waals surface area contributed by atoms with Gasteiger partial charge < -0.3 is 9.32 Å². The highest BCUT2D eigenvalue weighted by Gasteiger charge is 2.24. The molecule has 5 nitrogen and oxygen atoms in total. The van der Waals surface area contributed by atoms with Crippen LogP contribution in [0.15, 0.2) is 28.7 Å². The molecule has 1 saturated carbocycles. The van der Waals surface area contributed by atoms with Gasteiger partial charge in [0.1, 0.15) is 5.76 Å². The Balaban J connectivity index is 0.00000256. The first-order valence-corrected chi connectivity index (χ1v) is 11.2. The Kier molecular flexibility index (Phi) is 8.20. The van der Waals surface area contributed by atoms with Gasteiger partial charge in [0.2, 0.25) is 11.8 Å². The molecule has 0 spiro atoms. The van der Waals surface area contributed by atoms with Crippen molar-refractivity contribution in [3.05, 3.63) is 40.7 Å². The highest BCUT2D eigenvalue weighted by molar-refractivity contribution is 6.30. The van der Waals surface area contributed by atoms with Crippen LogP contribution >= 0.6 is 24.0 Å². The molecule has 30 heavy (non-hydrogen) atoms. The van der Waals surface area contributed by atoms with Crippen molar-refractivity contribution in [2.24, 2.45) is 5.92 Å². The molecule has 4 rings (SSSR count). The van der Waals surface area contributed by atoms with Gasteiger partial charge in [-0.25, -0.2) is 4.98 Å². The summed E-state index contributed by atoms with van der Waals surface area (Å²) >= 11 is 6.09. The van der Waals surface area contributed by atoms with Crippen molar-refractivity contribution in [3.63, 3.8) is 0 Å². The zero-order valence-electron chi connectivity index (χ0n) is 17.6. The van der Waals surface area contributed by atoms with E-state index >= 15 is 0 Å². The predicted octanol–water partition coefficient (Wildman–Crippen LogP) is 5.34. The minimum absolute atomic E-state index is 0. The first-order chi connectivity index (χ1) is 14.1. The summed E-state index contributed by atoms with van der Waals surface area (Å²) in [4.78, 5) is 21.6. The number of carbonyl (C=O) groups excluding carboxylic acids is 1. The first-order valence-electron chi connectivity index (χ1n) is 10.8. The lowest BCUT2D eigenvalue weighted by atomic mass is 10.0. The van der Waals surface area contributed by atoms with Crippen molar-refractivity contribution in [2.75, 3.05) is 26.2 Å². The highest BCUT2D eigenvalue weighted by Crippen LogP contribution is 2.29. The monoisotopic (exact) mass is 451 g/mol. The lowest BCUT2D eigenvalue weighted by Gasteiger charge is -2.34. The fraction of sp³-hybridized carbons (Fsp3) is 0.565. The van der Waals surface area contributed by atoms with Gasteiger partial charge in [0.15, 0.2) is 0 Å². The van der Waals surface area contributed by atoms with Crippen LogP contribution in [0.2, 0.25) is 5.02 Å². The van der Waals surface area contributed by atoms with Crippen LogP contribution in [-0.4, -0.2) is 46.9 Å². The summed E-state index contributed by atoms with van der Waals surface area (Å²) in [6.07, 6.45) is 7.11. The van der Waals surface area contributed by atoms with Gasteiger partial charge in [0.25, 0.3) is 0 Å². The number of benzene rings is 1. The van der Waals surface area contributed by atoms with Crippen molar-refractivity contribution < 1.29 is 9.21 Å². The van der Waals surface area contributed by atoms with Crippen molar-refractivity contribution >= 4 is 29.9 Å². The summed E-state index contributed by atoms with van der Waals surface area (Å²) in [6, 6.07) is 7.57. The summed E-state index contributed by atoms with van der Waals surface area (Å²) in [7, 11) is 0. The molecule has 2 fully saturated rings. The number of halogens is 2. The number of piperazine rings is 1. The second-order valence-electron chi connectivity index (χ2n) is 8.38. The molecule has 0 radical (unpaired) electrons. The van der Waals surface area contributed by atoms with E-state index in [1.807, 2.05) is 36.1 Å². The van der Waals surface area contributed by atoms with Crippen LogP contribution in [0.5, 0.6) is 0 Å². The lowest BCUT2D eigenvalue weighted by molar-refractivity contribution is -0.133. The molecule has 1 saturated heterocycles. The van der Waals surface area contributed by atoms with Crippen molar-refractivity contribution in [3.8, 4) is 11.5 Å². The van der Waals surface area contributed by atoms with Gasteiger partial charge in [-0.3, -0.25) is 9.69 Å². The average Bonchev–Trinajstić information content (AvgIpc) is 3.37. The summed E-state index contributed by atoms with van der Waals surface area (Å²) < 4.78 is 5.88. The number of nitrogens with zero attached hydrogens (tertiary/aromatic N) is 3. The number of carbonyl (C=O) groups is 1. The molecular weight excluding hydrogens is 421 g/mol. The van der Waals surface area contributed by atoms with Crippen molar-refractivity contribution in [1.29, 1.82) is 0 Å². The maximum atomic E-state index is 12.5. The molecule has 1 aromatic heterocycles.